The predicted molar refractivity (Wildman–Crippen MR) is 93.1 cm³/mol. The van der Waals surface area contributed by atoms with E-state index in [9.17, 15) is 9.59 Å². The van der Waals surface area contributed by atoms with Crippen molar-refractivity contribution >= 4 is 23.6 Å². The zero-order valence-corrected chi connectivity index (χ0v) is 13.3. The minimum Gasteiger partial charge on any atom is -0.493 e. The van der Waals surface area contributed by atoms with Crippen molar-refractivity contribution in [2.24, 2.45) is 0 Å². The van der Waals surface area contributed by atoms with Crippen molar-refractivity contribution in [1.82, 2.24) is 5.32 Å². The van der Waals surface area contributed by atoms with Gasteiger partial charge in [-0.1, -0.05) is 6.07 Å². The Labute approximate surface area is 140 Å². The molecule has 0 aliphatic carbocycles. The number of nitrogens with one attached hydrogen (secondary N) is 2. The molecule has 2 N–H and O–H groups in total. The molecule has 0 radical (unpaired) electrons. The maximum Gasteiger partial charge on any atom is 0.251 e. The van der Waals surface area contributed by atoms with Crippen LogP contribution in [0.1, 0.15) is 21.5 Å². The van der Waals surface area contributed by atoms with E-state index in [2.05, 4.69) is 10.6 Å². The second-order valence-electron chi connectivity index (χ2n) is 5.44. The molecule has 0 fully saturated rings. The van der Waals surface area contributed by atoms with Gasteiger partial charge in [0, 0.05) is 30.8 Å². The molecule has 0 saturated heterocycles. The van der Waals surface area contributed by atoms with Crippen LogP contribution in [0.2, 0.25) is 0 Å². The van der Waals surface area contributed by atoms with E-state index in [0.29, 0.717) is 11.3 Å². The normalized spacial score (nSPS) is 12.5. The van der Waals surface area contributed by atoms with E-state index in [1.807, 2.05) is 18.2 Å². The smallest absolute Gasteiger partial charge is 0.251 e. The minimum atomic E-state index is -0.223. The zero-order valence-electron chi connectivity index (χ0n) is 13.3. The first kappa shape index (κ1) is 15.8. The largest absolute Gasteiger partial charge is 0.493 e. The SMILES string of the molecule is CNC(=O)c1ccc(NC(=O)/C=C/c2ccc3c(c2)CCO3)cc1. The molecule has 0 saturated carbocycles. The van der Waals surface area contributed by atoms with Crippen molar-refractivity contribution in [3.63, 3.8) is 0 Å². The highest BCUT2D eigenvalue weighted by Crippen LogP contribution is 2.26. The van der Waals surface area contributed by atoms with E-state index in [1.54, 1.807) is 37.4 Å². The topological polar surface area (TPSA) is 67.4 Å². The van der Waals surface area contributed by atoms with Gasteiger partial charge in [-0.3, -0.25) is 9.59 Å². The van der Waals surface area contributed by atoms with Crippen molar-refractivity contribution in [2.45, 2.75) is 6.42 Å². The van der Waals surface area contributed by atoms with Gasteiger partial charge in [-0.15, -0.1) is 0 Å². The van der Waals surface area contributed by atoms with Gasteiger partial charge in [-0.25, -0.2) is 0 Å². The highest BCUT2D eigenvalue weighted by molar-refractivity contribution is 6.02. The zero-order chi connectivity index (χ0) is 16.9. The highest BCUT2D eigenvalue weighted by Gasteiger charge is 2.11. The van der Waals surface area contributed by atoms with Gasteiger partial charge >= 0.3 is 0 Å². The average Bonchev–Trinajstić information content (AvgIpc) is 3.07. The van der Waals surface area contributed by atoms with E-state index < -0.39 is 0 Å². The Bertz CT molecular complexity index is 795. The molecule has 0 bridgehead atoms. The summed E-state index contributed by atoms with van der Waals surface area (Å²) in [6, 6.07) is 12.6. The third kappa shape index (κ3) is 3.63. The lowest BCUT2D eigenvalue weighted by molar-refractivity contribution is -0.111. The molecular weight excluding hydrogens is 304 g/mol. The molecule has 1 aliphatic rings. The summed E-state index contributed by atoms with van der Waals surface area (Å²) in [7, 11) is 1.58. The van der Waals surface area contributed by atoms with Gasteiger partial charge in [-0.2, -0.15) is 0 Å². The summed E-state index contributed by atoms with van der Waals surface area (Å²) in [4.78, 5) is 23.5. The first-order valence-corrected chi connectivity index (χ1v) is 7.72. The van der Waals surface area contributed by atoms with Crippen LogP contribution in [0, 0.1) is 0 Å². The van der Waals surface area contributed by atoms with E-state index in [0.717, 1.165) is 24.3 Å². The van der Waals surface area contributed by atoms with E-state index in [-0.39, 0.29) is 11.8 Å². The number of fused-ring (bicyclic) bond motifs is 1. The molecule has 0 aromatic heterocycles. The summed E-state index contributed by atoms with van der Waals surface area (Å²) < 4.78 is 5.46. The fourth-order valence-corrected chi connectivity index (χ4v) is 2.52. The number of amides is 2. The van der Waals surface area contributed by atoms with Gasteiger partial charge in [0.1, 0.15) is 5.75 Å². The lowest BCUT2D eigenvalue weighted by Gasteiger charge is -2.04. The monoisotopic (exact) mass is 322 g/mol. The lowest BCUT2D eigenvalue weighted by Crippen LogP contribution is -2.17. The van der Waals surface area contributed by atoms with Crippen LogP contribution in [0.5, 0.6) is 5.75 Å². The number of hydrogen-bond acceptors (Lipinski definition) is 3. The van der Waals surface area contributed by atoms with Gasteiger partial charge in [0.25, 0.3) is 5.91 Å². The molecule has 24 heavy (non-hydrogen) atoms. The lowest BCUT2D eigenvalue weighted by atomic mass is 10.1. The number of anilines is 1. The molecule has 2 aromatic carbocycles. The standard InChI is InChI=1S/C19H18N2O3/c1-20-19(23)14-4-6-16(7-5-14)21-18(22)9-3-13-2-8-17-15(12-13)10-11-24-17/h2-9,12H,10-11H2,1H3,(H,20,23)(H,21,22)/b9-3+. The second kappa shape index (κ2) is 7.00. The minimum absolute atomic E-state index is 0.159. The molecule has 0 atom stereocenters. The second-order valence-corrected chi connectivity index (χ2v) is 5.44. The Morgan fingerprint density at radius 3 is 2.67 bits per heavy atom. The Morgan fingerprint density at radius 1 is 1.12 bits per heavy atom. The van der Waals surface area contributed by atoms with E-state index in [1.165, 1.54) is 11.6 Å². The molecule has 1 heterocycles. The molecule has 0 spiro atoms. The van der Waals surface area contributed by atoms with E-state index in [4.69, 9.17) is 4.74 Å². The van der Waals surface area contributed by atoms with Crippen molar-refractivity contribution in [1.29, 1.82) is 0 Å². The molecule has 1 aliphatic heterocycles. The van der Waals surface area contributed by atoms with Gasteiger partial charge in [0.2, 0.25) is 5.91 Å². The summed E-state index contributed by atoms with van der Waals surface area (Å²) in [5.41, 5.74) is 3.32. The van der Waals surface area contributed by atoms with Crippen LogP contribution in [0.3, 0.4) is 0 Å². The fraction of sp³-hybridized carbons (Fsp3) is 0.158. The third-order valence-corrected chi connectivity index (χ3v) is 3.78. The summed E-state index contributed by atoms with van der Waals surface area (Å²) in [6.07, 6.45) is 4.16. The molecular formula is C19H18N2O3. The first-order valence-electron chi connectivity index (χ1n) is 7.72. The van der Waals surface area contributed by atoms with Crippen LogP contribution in [0.4, 0.5) is 5.69 Å². The predicted octanol–water partition coefficient (Wildman–Crippen LogP) is 2.63. The molecule has 5 nitrogen and oxygen atoms in total. The summed E-state index contributed by atoms with van der Waals surface area (Å²) in [5.74, 6) is 0.542. The summed E-state index contributed by atoms with van der Waals surface area (Å²) in [5, 5.41) is 5.32. The van der Waals surface area contributed by atoms with Gasteiger partial charge in [0.05, 0.1) is 6.61 Å². The number of carbonyl (C=O) groups excluding carboxylic acids is 2. The Morgan fingerprint density at radius 2 is 1.92 bits per heavy atom. The Balaban J connectivity index is 1.62. The summed E-state index contributed by atoms with van der Waals surface area (Å²) >= 11 is 0. The summed E-state index contributed by atoms with van der Waals surface area (Å²) in [6.45, 7) is 0.717. The van der Waals surface area contributed by atoms with Gasteiger partial charge in [-0.05, 0) is 53.6 Å². The fourth-order valence-electron chi connectivity index (χ4n) is 2.52. The van der Waals surface area contributed by atoms with Gasteiger partial charge in [0.15, 0.2) is 0 Å². The Kier molecular flexibility index (Phi) is 4.61. The first-order chi connectivity index (χ1) is 11.7. The van der Waals surface area contributed by atoms with Crippen molar-refractivity contribution < 1.29 is 14.3 Å². The quantitative estimate of drug-likeness (QED) is 0.850. The van der Waals surface area contributed by atoms with Crippen LogP contribution < -0.4 is 15.4 Å². The number of carbonyl (C=O) groups is 2. The van der Waals surface area contributed by atoms with Crippen LogP contribution in [0.15, 0.2) is 48.5 Å². The highest BCUT2D eigenvalue weighted by atomic mass is 16.5. The number of ether oxygens (including phenoxy) is 1. The number of hydrogen-bond donors (Lipinski definition) is 2. The molecule has 122 valence electrons. The van der Waals surface area contributed by atoms with Crippen LogP contribution in [-0.4, -0.2) is 25.5 Å². The van der Waals surface area contributed by atoms with Crippen molar-refractivity contribution in [2.75, 3.05) is 19.0 Å². The molecule has 2 amide bonds. The van der Waals surface area contributed by atoms with Crippen LogP contribution in [-0.2, 0) is 11.2 Å². The van der Waals surface area contributed by atoms with Crippen molar-refractivity contribution in [3.05, 3.63) is 65.2 Å². The maximum atomic E-state index is 12.0. The molecule has 5 heteroatoms. The Hall–Kier alpha value is -3.08. The van der Waals surface area contributed by atoms with Gasteiger partial charge < -0.3 is 15.4 Å². The molecule has 3 rings (SSSR count). The van der Waals surface area contributed by atoms with Crippen molar-refractivity contribution in [3.8, 4) is 5.75 Å². The number of rotatable bonds is 4. The van der Waals surface area contributed by atoms with Crippen LogP contribution >= 0.6 is 0 Å². The maximum absolute atomic E-state index is 12.0. The average molecular weight is 322 g/mol. The van der Waals surface area contributed by atoms with Crippen LogP contribution in [0.25, 0.3) is 6.08 Å². The molecule has 0 unspecified atom stereocenters. The molecule has 2 aromatic rings. The number of benzene rings is 2. The van der Waals surface area contributed by atoms with E-state index >= 15 is 0 Å². The third-order valence-electron chi connectivity index (χ3n) is 3.78.